The van der Waals surface area contributed by atoms with Gasteiger partial charge in [0.2, 0.25) is 0 Å². The van der Waals surface area contributed by atoms with Crippen LogP contribution < -0.4 is 10.5 Å². The van der Waals surface area contributed by atoms with Gasteiger partial charge in [-0.05, 0) is 12.1 Å². The van der Waals surface area contributed by atoms with Crippen molar-refractivity contribution in [2.45, 2.75) is 0 Å². The summed E-state index contributed by atoms with van der Waals surface area (Å²) in [6.45, 7) is 0. The van der Waals surface area contributed by atoms with Gasteiger partial charge in [0, 0.05) is 0 Å². The molecule has 0 spiro atoms. The Balaban J connectivity index is 2.61. The van der Waals surface area contributed by atoms with E-state index in [1.54, 1.807) is 0 Å². The van der Waals surface area contributed by atoms with E-state index in [1.165, 1.54) is 25.3 Å². The molecule has 0 atom stereocenters. The third kappa shape index (κ3) is 2.00. The largest absolute Gasteiger partial charge is 0.497 e. The van der Waals surface area contributed by atoms with Crippen LogP contribution in [0.1, 0.15) is 0 Å². The molecule has 0 aliphatic carbocycles. The normalized spacial score (nSPS) is 10.2. The summed E-state index contributed by atoms with van der Waals surface area (Å²) in [5.74, 6) is -0.430. The van der Waals surface area contributed by atoms with E-state index in [4.69, 9.17) is 4.74 Å². The number of hydrogen-bond acceptors (Lipinski definition) is 6. The molecule has 1 aromatic heterocycles. The van der Waals surface area contributed by atoms with Crippen molar-refractivity contribution in [1.82, 2.24) is 10.1 Å². The molecule has 0 bridgehead atoms. The predicted octanol–water partition coefficient (Wildman–Crippen LogP) is 0.947. The lowest BCUT2D eigenvalue weighted by Crippen LogP contribution is -1.97. The van der Waals surface area contributed by atoms with Crippen molar-refractivity contribution in [2.24, 2.45) is 0 Å². The first-order valence-corrected chi connectivity index (χ1v) is 4.50. The number of nitro benzene ring substituents is 1. The van der Waals surface area contributed by atoms with Crippen LogP contribution in [0.3, 0.4) is 0 Å². The van der Waals surface area contributed by atoms with Crippen LogP contribution in [0.15, 0.2) is 27.5 Å². The maximum absolute atomic E-state index is 10.9. The molecule has 1 aromatic carbocycles. The van der Waals surface area contributed by atoms with Gasteiger partial charge in [0.1, 0.15) is 5.75 Å². The highest BCUT2D eigenvalue weighted by Crippen LogP contribution is 2.30. The third-order valence-corrected chi connectivity index (χ3v) is 2.10. The maximum atomic E-state index is 10.9. The zero-order valence-electron chi connectivity index (χ0n) is 8.67. The smallest absolute Gasteiger partial charge is 0.439 e. The zero-order valence-corrected chi connectivity index (χ0v) is 8.67. The topological polar surface area (TPSA) is 111 Å². The maximum Gasteiger partial charge on any atom is 0.439 e. The van der Waals surface area contributed by atoms with Crippen molar-refractivity contribution in [3.05, 3.63) is 38.9 Å². The number of methoxy groups -OCH3 is 1. The number of benzene rings is 1. The van der Waals surface area contributed by atoms with Crippen LogP contribution >= 0.6 is 0 Å². The van der Waals surface area contributed by atoms with Crippen molar-refractivity contribution < 1.29 is 14.2 Å². The molecular formula is C9H7N3O5. The summed E-state index contributed by atoms with van der Waals surface area (Å²) in [7, 11) is 1.40. The van der Waals surface area contributed by atoms with Crippen molar-refractivity contribution in [1.29, 1.82) is 0 Å². The highest BCUT2D eigenvalue weighted by Gasteiger charge is 2.19. The number of aromatic amines is 1. The fourth-order valence-electron chi connectivity index (χ4n) is 1.34. The van der Waals surface area contributed by atoms with Crippen LogP contribution in [-0.4, -0.2) is 22.2 Å². The fraction of sp³-hybridized carbons (Fsp3) is 0.111. The Bertz CT molecular complexity index is 615. The number of rotatable bonds is 3. The van der Waals surface area contributed by atoms with Crippen molar-refractivity contribution in [2.75, 3.05) is 7.11 Å². The molecule has 1 N–H and O–H groups in total. The number of H-pyrrole nitrogens is 1. The molecule has 0 saturated carbocycles. The van der Waals surface area contributed by atoms with Gasteiger partial charge < -0.3 is 4.74 Å². The predicted molar refractivity (Wildman–Crippen MR) is 55.8 cm³/mol. The standard InChI is InChI=1S/C9H7N3O5/c1-16-5-2-3-6(7(4-5)12(14)15)8-10-9(13)17-11-8/h2-4H,1H3,(H,10,11,13). The van der Waals surface area contributed by atoms with Gasteiger partial charge in [-0.25, -0.2) is 4.79 Å². The lowest BCUT2D eigenvalue weighted by atomic mass is 10.1. The van der Waals surface area contributed by atoms with Crippen molar-refractivity contribution >= 4 is 5.69 Å². The molecular weight excluding hydrogens is 230 g/mol. The van der Waals surface area contributed by atoms with Gasteiger partial charge in [0.25, 0.3) is 5.69 Å². The number of nitro groups is 1. The lowest BCUT2D eigenvalue weighted by molar-refractivity contribution is -0.384. The molecule has 0 amide bonds. The van der Waals surface area contributed by atoms with Gasteiger partial charge >= 0.3 is 5.76 Å². The first-order valence-electron chi connectivity index (χ1n) is 4.50. The Hall–Kier alpha value is -2.64. The second kappa shape index (κ2) is 4.08. The molecule has 0 radical (unpaired) electrons. The molecule has 2 aromatic rings. The molecule has 17 heavy (non-hydrogen) atoms. The highest BCUT2D eigenvalue weighted by atomic mass is 16.6. The SMILES string of the molecule is COc1ccc(-c2noc(=O)[nH]2)c([N+](=O)[O-])c1. The van der Waals surface area contributed by atoms with Gasteiger partial charge in [0.15, 0.2) is 5.82 Å². The van der Waals surface area contributed by atoms with Crippen molar-refractivity contribution in [3.8, 4) is 17.1 Å². The second-order valence-electron chi connectivity index (χ2n) is 3.08. The van der Waals surface area contributed by atoms with Crippen LogP contribution in [0.4, 0.5) is 5.69 Å². The number of nitrogens with one attached hydrogen (secondary N) is 1. The Morgan fingerprint density at radius 1 is 1.53 bits per heavy atom. The van der Waals surface area contributed by atoms with Crippen LogP contribution in [0, 0.1) is 10.1 Å². The van der Waals surface area contributed by atoms with Gasteiger partial charge in [-0.15, -0.1) is 0 Å². The van der Waals surface area contributed by atoms with Gasteiger partial charge in [-0.3, -0.25) is 19.6 Å². The number of aromatic nitrogens is 2. The minimum absolute atomic E-state index is 0.00403. The lowest BCUT2D eigenvalue weighted by Gasteiger charge is -2.02. The minimum Gasteiger partial charge on any atom is -0.497 e. The number of nitrogens with zero attached hydrogens (tertiary/aromatic N) is 2. The fourth-order valence-corrected chi connectivity index (χ4v) is 1.34. The van der Waals surface area contributed by atoms with E-state index in [0.717, 1.165) is 0 Å². The number of ether oxygens (including phenoxy) is 1. The molecule has 0 aliphatic rings. The molecule has 0 saturated heterocycles. The second-order valence-corrected chi connectivity index (χ2v) is 3.08. The summed E-state index contributed by atoms with van der Waals surface area (Å²) in [6.07, 6.45) is 0. The van der Waals surface area contributed by atoms with Crippen LogP contribution in [0.2, 0.25) is 0 Å². The molecule has 0 fully saturated rings. The summed E-state index contributed by atoms with van der Waals surface area (Å²) >= 11 is 0. The Kier molecular flexibility index (Phi) is 2.61. The van der Waals surface area contributed by atoms with Gasteiger partial charge in [-0.1, -0.05) is 5.16 Å². The summed E-state index contributed by atoms with van der Waals surface area (Å²) in [5.41, 5.74) is -0.0736. The average Bonchev–Trinajstić information content (AvgIpc) is 2.75. The van der Waals surface area contributed by atoms with Gasteiger partial charge in [0.05, 0.1) is 23.7 Å². The Labute approximate surface area is 94.0 Å². The molecule has 1 heterocycles. The molecule has 2 rings (SSSR count). The van der Waals surface area contributed by atoms with E-state index < -0.39 is 10.7 Å². The highest BCUT2D eigenvalue weighted by molar-refractivity contribution is 5.69. The first-order chi connectivity index (χ1) is 8.11. The van der Waals surface area contributed by atoms with E-state index in [9.17, 15) is 14.9 Å². The van der Waals surface area contributed by atoms with E-state index in [2.05, 4.69) is 14.7 Å². The minimum atomic E-state index is -0.773. The van der Waals surface area contributed by atoms with Crippen LogP contribution in [0.5, 0.6) is 5.75 Å². The van der Waals surface area contributed by atoms with Crippen molar-refractivity contribution in [3.63, 3.8) is 0 Å². The quantitative estimate of drug-likeness (QED) is 0.628. The van der Waals surface area contributed by atoms with Crippen LogP contribution in [0.25, 0.3) is 11.4 Å². The zero-order chi connectivity index (χ0) is 12.4. The summed E-state index contributed by atoms with van der Waals surface area (Å²) in [6, 6.07) is 4.18. The molecule has 0 unspecified atom stereocenters. The van der Waals surface area contributed by atoms with E-state index in [0.29, 0.717) is 5.75 Å². The Morgan fingerprint density at radius 3 is 2.82 bits per heavy atom. The number of hydrogen-bond donors (Lipinski definition) is 1. The summed E-state index contributed by atoms with van der Waals surface area (Å²) < 4.78 is 9.18. The van der Waals surface area contributed by atoms with E-state index in [1.807, 2.05) is 0 Å². The monoisotopic (exact) mass is 237 g/mol. The third-order valence-electron chi connectivity index (χ3n) is 2.10. The van der Waals surface area contributed by atoms with E-state index in [-0.39, 0.29) is 17.1 Å². The summed E-state index contributed by atoms with van der Waals surface area (Å²) in [5, 5.41) is 14.3. The average molecular weight is 237 g/mol. The molecule has 8 heteroatoms. The molecule has 88 valence electrons. The van der Waals surface area contributed by atoms with Crippen LogP contribution in [-0.2, 0) is 0 Å². The van der Waals surface area contributed by atoms with Gasteiger partial charge in [-0.2, -0.15) is 0 Å². The summed E-state index contributed by atoms with van der Waals surface area (Å²) in [4.78, 5) is 23.3. The van der Waals surface area contributed by atoms with E-state index >= 15 is 0 Å². The Morgan fingerprint density at radius 2 is 2.29 bits per heavy atom. The molecule has 0 aliphatic heterocycles. The first kappa shape index (κ1) is 10.9. The molecule has 8 nitrogen and oxygen atoms in total.